The lowest BCUT2D eigenvalue weighted by molar-refractivity contribution is -0.138. The van der Waals surface area contributed by atoms with Gasteiger partial charge >= 0.3 is 5.97 Å². The highest BCUT2D eigenvalue weighted by atomic mass is 16.5. The van der Waals surface area contributed by atoms with Crippen molar-refractivity contribution >= 4 is 5.97 Å². The van der Waals surface area contributed by atoms with E-state index < -0.39 is 11.9 Å². The number of carboxylic acid groups (broad SMARTS) is 1. The molecule has 2 heterocycles. The number of carbonyl (C=O) groups is 1. The lowest BCUT2D eigenvalue weighted by Gasteiger charge is -2.04. The number of hydrogen-bond acceptors (Lipinski definition) is 3. The van der Waals surface area contributed by atoms with Crippen molar-refractivity contribution in [3.8, 4) is 6.01 Å². The van der Waals surface area contributed by atoms with E-state index in [1.807, 2.05) is 11.5 Å². The first-order valence-electron chi connectivity index (χ1n) is 4.54. The van der Waals surface area contributed by atoms with Gasteiger partial charge in [-0.15, -0.1) is 0 Å². The molecule has 1 aromatic rings. The summed E-state index contributed by atoms with van der Waals surface area (Å²) < 4.78 is 7.16. The monoisotopic (exact) mass is 196 g/mol. The first kappa shape index (κ1) is 9.05. The zero-order valence-electron chi connectivity index (χ0n) is 8.15. The van der Waals surface area contributed by atoms with Gasteiger partial charge in [0, 0.05) is 5.69 Å². The summed E-state index contributed by atoms with van der Waals surface area (Å²) in [6.45, 7) is 4.90. The highest BCUT2D eigenvalue weighted by molar-refractivity contribution is 5.75. The Kier molecular flexibility index (Phi) is 1.94. The zero-order chi connectivity index (χ0) is 10.3. The summed E-state index contributed by atoms with van der Waals surface area (Å²) in [5, 5.41) is 8.86. The molecular weight excluding hydrogens is 184 g/mol. The van der Waals surface area contributed by atoms with Crippen LogP contribution in [0.15, 0.2) is 0 Å². The van der Waals surface area contributed by atoms with Crippen molar-refractivity contribution in [2.75, 3.05) is 6.61 Å². The lowest BCUT2D eigenvalue weighted by atomic mass is 10.1. The maximum atomic E-state index is 10.8. The molecule has 1 aromatic heterocycles. The third kappa shape index (κ3) is 1.16. The summed E-state index contributed by atoms with van der Waals surface area (Å²) in [4.78, 5) is 15.0. The summed E-state index contributed by atoms with van der Waals surface area (Å²) >= 11 is 0. The van der Waals surface area contributed by atoms with Crippen molar-refractivity contribution in [1.29, 1.82) is 0 Å². The minimum atomic E-state index is -0.857. The van der Waals surface area contributed by atoms with Gasteiger partial charge in [-0.3, -0.25) is 9.36 Å². The van der Waals surface area contributed by atoms with Crippen molar-refractivity contribution in [2.45, 2.75) is 26.3 Å². The molecule has 0 bridgehead atoms. The first-order chi connectivity index (χ1) is 6.61. The van der Waals surface area contributed by atoms with Gasteiger partial charge < -0.3 is 9.84 Å². The van der Waals surface area contributed by atoms with Gasteiger partial charge in [0.25, 0.3) is 6.01 Å². The van der Waals surface area contributed by atoms with Crippen LogP contribution in [0, 0.1) is 6.92 Å². The third-order valence-electron chi connectivity index (χ3n) is 2.55. The number of hydrogen-bond donors (Lipinski definition) is 1. The largest absolute Gasteiger partial charge is 0.481 e. The predicted octanol–water partition coefficient (Wildman–Crippen LogP) is 0.772. The van der Waals surface area contributed by atoms with Gasteiger partial charge in [-0.25, -0.2) is 0 Å². The van der Waals surface area contributed by atoms with Crippen LogP contribution in [0.5, 0.6) is 6.01 Å². The standard InChI is InChI=1S/C9H12N2O3/c1-5(8(12)13)7-6(2)11-3-4-14-9(11)10-7/h5H,3-4H2,1-2H3,(H,12,13). The fourth-order valence-electron chi connectivity index (χ4n) is 1.65. The molecule has 0 aromatic carbocycles. The molecule has 0 spiro atoms. The number of fused-ring (bicyclic) bond motifs is 1. The van der Waals surface area contributed by atoms with Crippen LogP contribution in [-0.4, -0.2) is 27.2 Å². The van der Waals surface area contributed by atoms with E-state index in [1.165, 1.54) is 0 Å². The highest BCUT2D eigenvalue weighted by Gasteiger charge is 2.26. The normalized spacial score (nSPS) is 16.1. The molecule has 1 atom stereocenters. The Bertz CT molecular complexity index is 384. The Morgan fingerprint density at radius 3 is 3.00 bits per heavy atom. The van der Waals surface area contributed by atoms with Crippen molar-refractivity contribution in [3.05, 3.63) is 11.4 Å². The molecule has 1 N–H and O–H groups in total. The van der Waals surface area contributed by atoms with E-state index in [-0.39, 0.29) is 0 Å². The zero-order valence-corrected chi connectivity index (χ0v) is 8.15. The third-order valence-corrected chi connectivity index (χ3v) is 2.55. The van der Waals surface area contributed by atoms with Gasteiger partial charge in [-0.05, 0) is 13.8 Å². The number of carboxylic acids is 1. The topological polar surface area (TPSA) is 64.3 Å². The Morgan fingerprint density at radius 2 is 2.43 bits per heavy atom. The van der Waals surface area contributed by atoms with Gasteiger partial charge in [0.15, 0.2) is 0 Å². The maximum Gasteiger partial charge on any atom is 0.312 e. The Labute approximate surface area is 81.3 Å². The second-order valence-corrected chi connectivity index (χ2v) is 3.43. The minimum Gasteiger partial charge on any atom is -0.481 e. The molecule has 0 aliphatic carbocycles. The summed E-state index contributed by atoms with van der Waals surface area (Å²) in [5.74, 6) is -1.43. The number of ether oxygens (including phenoxy) is 1. The summed E-state index contributed by atoms with van der Waals surface area (Å²) in [6.07, 6.45) is 0. The average Bonchev–Trinajstić information content (AvgIpc) is 2.68. The molecule has 1 aliphatic heterocycles. The van der Waals surface area contributed by atoms with Crippen molar-refractivity contribution in [1.82, 2.24) is 9.55 Å². The number of aromatic nitrogens is 2. The SMILES string of the molecule is Cc1c(C(C)C(=O)O)nc2n1CCO2. The number of nitrogens with zero attached hydrogens (tertiary/aromatic N) is 2. The fourth-order valence-corrected chi connectivity index (χ4v) is 1.65. The molecule has 76 valence electrons. The maximum absolute atomic E-state index is 10.8. The molecule has 14 heavy (non-hydrogen) atoms. The van der Waals surface area contributed by atoms with E-state index in [9.17, 15) is 4.79 Å². The molecule has 2 rings (SSSR count). The molecule has 1 aliphatic rings. The number of rotatable bonds is 2. The summed E-state index contributed by atoms with van der Waals surface area (Å²) in [6, 6.07) is 0.547. The van der Waals surface area contributed by atoms with Crippen LogP contribution in [-0.2, 0) is 11.3 Å². The van der Waals surface area contributed by atoms with E-state index in [0.29, 0.717) is 18.3 Å². The van der Waals surface area contributed by atoms with Crippen LogP contribution in [0.2, 0.25) is 0 Å². The van der Waals surface area contributed by atoms with E-state index in [4.69, 9.17) is 9.84 Å². The summed E-state index contributed by atoms with van der Waals surface area (Å²) in [7, 11) is 0. The Balaban J connectivity index is 2.41. The Morgan fingerprint density at radius 1 is 1.71 bits per heavy atom. The molecule has 0 saturated heterocycles. The predicted molar refractivity (Wildman–Crippen MR) is 48.5 cm³/mol. The van der Waals surface area contributed by atoms with Crippen molar-refractivity contribution < 1.29 is 14.6 Å². The van der Waals surface area contributed by atoms with Gasteiger partial charge in [-0.2, -0.15) is 4.98 Å². The van der Waals surface area contributed by atoms with Gasteiger partial charge in [0.05, 0.1) is 18.2 Å². The molecular formula is C9H12N2O3. The van der Waals surface area contributed by atoms with E-state index >= 15 is 0 Å². The van der Waals surface area contributed by atoms with E-state index in [1.54, 1.807) is 6.92 Å². The summed E-state index contributed by atoms with van der Waals surface area (Å²) in [5.41, 5.74) is 1.50. The first-order valence-corrected chi connectivity index (χ1v) is 4.54. The smallest absolute Gasteiger partial charge is 0.312 e. The van der Waals surface area contributed by atoms with Crippen LogP contribution in [0.3, 0.4) is 0 Å². The lowest BCUT2D eigenvalue weighted by Crippen LogP contribution is -2.10. The molecule has 5 heteroatoms. The number of imidazole rings is 1. The molecule has 0 fully saturated rings. The average molecular weight is 196 g/mol. The van der Waals surface area contributed by atoms with Crippen LogP contribution in [0.1, 0.15) is 24.2 Å². The van der Waals surface area contributed by atoms with Gasteiger partial charge in [0.1, 0.15) is 6.61 Å². The quantitative estimate of drug-likeness (QED) is 0.758. The molecule has 0 saturated carbocycles. The molecule has 0 amide bonds. The van der Waals surface area contributed by atoms with E-state index in [0.717, 1.165) is 12.2 Å². The molecule has 5 nitrogen and oxygen atoms in total. The minimum absolute atomic E-state index is 0.547. The van der Waals surface area contributed by atoms with Crippen molar-refractivity contribution in [3.63, 3.8) is 0 Å². The van der Waals surface area contributed by atoms with Crippen molar-refractivity contribution in [2.24, 2.45) is 0 Å². The van der Waals surface area contributed by atoms with E-state index in [2.05, 4.69) is 4.98 Å². The fraction of sp³-hybridized carbons (Fsp3) is 0.556. The van der Waals surface area contributed by atoms with Gasteiger partial charge in [-0.1, -0.05) is 0 Å². The highest BCUT2D eigenvalue weighted by Crippen LogP contribution is 2.26. The Hall–Kier alpha value is -1.52. The second-order valence-electron chi connectivity index (χ2n) is 3.43. The molecule has 1 unspecified atom stereocenters. The van der Waals surface area contributed by atoms with Crippen LogP contribution < -0.4 is 4.74 Å². The number of aliphatic carboxylic acids is 1. The van der Waals surface area contributed by atoms with Crippen LogP contribution in [0.25, 0.3) is 0 Å². The second kappa shape index (κ2) is 3.01. The van der Waals surface area contributed by atoms with Crippen LogP contribution in [0.4, 0.5) is 0 Å². The van der Waals surface area contributed by atoms with Gasteiger partial charge in [0.2, 0.25) is 0 Å². The molecule has 0 radical (unpaired) electrons. The van der Waals surface area contributed by atoms with Crippen LogP contribution >= 0.6 is 0 Å².